The lowest BCUT2D eigenvalue weighted by molar-refractivity contribution is -0.116. The van der Waals surface area contributed by atoms with Gasteiger partial charge >= 0.3 is 0 Å². The second kappa shape index (κ2) is 7.46. The highest BCUT2D eigenvalue weighted by molar-refractivity contribution is 7.99. The lowest BCUT2D eigenvalue weighted by atomic mass is 10.1. The van der Waals surface area contributed by atoms with Crippen molar-refractivity contribution in [2.24, 2.45) is 0 Å². The molecule has 2 aromatic heterocycles. The molecule has 0 saturated carbocycles. The zero-order valence-electron chi connectivity index (χ0n) is 16.3. The number of carbonyl (C=O) groups excluding carboxylic acids is 1. The molecule has 0 radical (unpaired) electrons. The fourth-order valence-electron chi connectivity index (χ4n) is 3.87. The van der Waals surface area contributed by atoms with Gasteiger partial charge in [-0.1, -0.05) is 48.2 Å². The summed E-state index contributed by atoms with van der Waals surface area (Å²) in [6.07, 6.45) is 2.36. The van der Waals surface area contributed by atoms with Gasteiger partial charge in [-0.05, 0) is 37.1 Å². The molecule has 30 heavy (non-hydrogen) atoms. The summed E-state index contributed by atoms with van der Waals surface area (Å²) in [5, 5.41) is 5.13. The van der Waals surface area contributed by atoms with E-state index in [9.17, 15) is 9.59 Å². The first-order chi connectivity index (χ1) is 14.6. The van der Waals surface area contributed by atoms with Crippen molar-refractivity contribution in [2.75, 3.05) is 10.7 Å². The number of aromatic nitrogens is 4. The molecule has 0 fully saturated rings. The van der Waals surface area contributed by atoms with E-state index in [4.69, 9.17) is 0 Å². The third-order valence-corrected chi connectivity index (χ3v) is 6.08. The maximum atomic E-state index is 12.9. The quantitative estimate of drug-likeness (QED) is 0.407. The number of nitrogens with one attached hydrogen (secondary N) is 1. The van der Waals surface area contributed by atoms with Gasteiger partial charge in [0, 0.05) is 11.7 Å². The average Bonchev–Trinajstić information content (AvgIpc) is 3.33. The van der Waals surface area contributed by atoms with Crippen LogP contribution in [-0.2, 0) is 11.2 Å². The lowest BCUT2D eigenvalue weighted by Crippen LogP contribution is -2.37. The van der Waals surface area contributed by atoms with Crippen LogP contribution in [0.25, 0.3) is 16.7 Å². The van der Waals surface area contributed by atoms with Gasteiger partial charge in [0.05, 0.1) is 17.6 Å². The molecule has 2 aromatic carbocycles. The van der Waals surface area contributed by atoms with Crippen molar-refractivity contribution in [3.8, 4) is 5.69 Å². The molecule has 3 heterocycles. The summed E-state index contributed by atoms with van der Waals surface area (Å²) >= 11 is 1.23. The summed E-state index contributed by atoms with van der Waals surface area (Å²) in [5.41, 5.74) is 3.18. The average molecular weight is 417 g/mol. The Hall–Kier alpha value is -3.39. The maximum absolute atomic E-state index is 12.9. The predicted molar refractivity (Wildman–Crippen MR) is 117 cm³/mol. The Labute approximate surface area is 176 Å². The van der Waals surface area contributed by atoms with E-state index in [-0.39, 0.29) is 23.3 Å². The number of aromatic amines is 1. The highest BCUT2D eigenvalue weighted by Gasteiger charge is 2.30. The van der Waals surface area contributed by atoms with Crippen molar-refractivity contribution in [1.82, 2.24) is 19.7 Å². The standard InChI is InChI=1S/C22H19N5O2S/c1-14-11-15-7-5-6-10-18(15)26(14)19(28)13-30-22-24-20-17(21(29)25-22)12-23-27(20)16-8-3-2-4-9-16/h2-10,12,14H,11,13H2,1H3,(H,24,25,29). The molecule has 0 aliphatic carbocycles. The molecular weight excluding hydrogens is 398 g/mol. The van der Waals surface area contributed by atoms with Crippen LogP contribution in [0.2, 0.25) is 0 Å². The van der Waals surface area contributed by atoms with Crippen molar-refractivity contribution in [1.29, 1.82) is 0 Å². The van der Waals surface area contributed by atoms with E-state index in [0.29, 0.717) is 16.2 Å². The zero-order chi connectivity index (χ0) is 20.7. The number of nitrogens with zero attached hydrogens (tertiary/aromatic N) is 4. The number of carbonyl (C=O) groups is 1. The molecule has 1 aliphatic rings. The first kappa shape index (κ1) is 18.6. The summed E-state index contributed by atoms with van der Waals surface area (Å²) in [6, 6.07) is 17.6. The van der Waals surface area contributed by atoms with Gasteiger partial charge in [-0.25, -0.2) is 9.67 Å². The van der Waals surface area contributed by atoms with Crippen molar-refractivity contribution in [3.63, 3.8) is 0 Å². The molecule has 1 atom stereocenters. The van der Waals surface area contributed by atoms with E-state index in [0.717, 1.165) is 17.8 Å². The van der Waals surface area contributed by atoms with Crippen molar-refractivity contribution in [3.05, 3.63) is 76.7 Å². The minimum Gasteiger partial charge on any atom is -0.308 e. The normalized spacial score (nSPS) is 15.5. The van der Waals surface area contributed by atoms with E-state index in [1.54, 1.807) is 4.68 Å². The first-order valence-electron chi connectivity index (χ1n) is 9.68. The van der Waals surface area contributed by atoms with E-state index in [1.165, 1.54) is 23.5 Å². The highest BCUT2D eigenvalue weighted by atomic mass is 32.2. The molecule has 1 N–H and O–H groups in total. The van der Waals surface area contributed by atoms with Crippen LogP contribution in [0.1, 0.15) is 12.5 Å². The number of benzene rings is 2. The largest absolute Gasteiger partial charge is 0.308 e. The number of thioether (sulfide) groups is 1. The van der Waals surface area contributed by atoms with Crippen molar-refractivity contribution >= 4 is 34.4 Å². The van der Waals surface area contributed by atoms with Gasteiger partial charge in [-0.2, -0.15) is 5.10 Å². The first-order valence-corrected chi connectivity index (χ1v) is 10.7. The van der Waals surface area contributed by atoms with Crippen LogP contribution in [0.15, 0.2) is 70.7 Å². The van der Waals surface area contributed by atoms with Gasteiger partial charge in [0.2, 0.25) is 5.91 Å². The zero-order valence-corrected chi connectivity index (χ0v) is 17.1. The number of para-hydroxylation sites is 2. The van der Waals surface area contributed by atoms with Crippen LogP contribution in [0, 0.1) is 0 Å². The second-order valence-electron chi connectivity index (χ2n) is 7.23. The number of rotatable bonds is 4. The van der Waals surface area contributed by atoms with E-state index in [2.05, 4.69) is 21.1 Å². The molecular formula is C22H19N5O2S. The van der Waals surface area contributed by atoms with Gasteiger partial charge in [-0.15, -0.1) is 0 Å². The maximum Gasteiger partial charge on any atom is 0.262 e. The third kappa shape index (κ3) is 3.19. The summed E-state index contributed by atoms with van der Waals surface area (Å²) in [7, 11) is 0. The summed E-state index contributed by atoms with van der Waals surface area (Å²) in [5.74, 6) is 0.184. The number of amides is 1. The molecule has 0 saturated heterocycles. The topological polar surface area (TPSA) is 83.9 Å². The van der Waals surface area contributed by atoms with Gasteiger partial charge < -0.3 is 9.88 Å². The molecule has 4 aromatic rings. The van der Waals surface area contributed by atoms with E-state index in [1.807, 2.05) is 60.4 Å². The molecule has 150 valence electrons. The Balaban J connectivity index is 1.41. The number of hydrogen-bond acceptors (Lipinski definition) is 5. The Bertz CT molecular complexity index is 1300. The molecule has 0 bridgehead atoms. The number of H-pyrrole nitrogens is 1. The van der Waals surface area contributed by atoms with Crippen LogP contribution < -0.4 is 10.5 Å². The van der Waals surface area contributed by atoms with Crippen LogP contribution in [0.4, 0.5) is 5.69 Å². The highest BCUT2D eigenvalue weighted by Crippen LogP contribution is 2.32. The Morgan fingerprint density at radius 2 is 1.93 bits per heavy atom. The monoisotopic (exact) mass is 417 g/mol. The number of hydrogen-bond donors (Lipinski definition) is 1. The van der Waals surface area contributed by atoms with Gasteiger partial charge in [0.1, 0.15) is 5.39 Å². The van der Waals surface area contributed by atoms with Crippen LogP contribution >= 0.6 is 11.8 Å². The molecule has 1 aliphatic heterocycles. The second-order valence-corrected chi connectivity index (χ2v) is 8.20. The van der Waals surface area contributed by atoms with Gasteiger partial charge in [0.25, 0.3) is 5.56 Å². The van der Waals surface area contributed by atoms with Crippen molar-refractivity contribution in [2.45, 2.75) is 24.5 Å². The predicted octanol–water partition coefficient (Wildman–Crippen LogP) is 3.18. The SMILES string of the molecule is CC1Cc2ccccc2N1C(=O)CSc1nc2c(cnn2-c2ccccc2)c(=O)[nH]1. The summed E-state index contributed by atoms with van der Waals surface area (Å²) < 4.78 is 1.63. The van der Waals surface area contributed by atoms with E-state index < -0.39 is 0 Å². The Morgan fingerprint density at radius 1 is 1.17 bits per heavy atom. The summed E-state index contributed by atoms with van der Waals surface area (Å²) in [4.78, 5) is 34.6. The minimum atomic E-state index is -0.267. The molecule has 8 heteroatoms. The minimum absolute atomic E-state index is 0.00300. The number of fused-ring (bicyclic) bond motifs is 2. The third-order valence-electron chi connectivity index (χ3n) is 5.23. The molecule has 1 amide bonds. The fraction of sp³-hybridized carbons (Fsp3) is 0.182. The van der Waals surface area contributed by atoms with Gasteiger partial charge in [0.15, 0.2) is 10.8 Å². The Kier molecular flexibility index (Phi) is 4.63. The fourth-order valence-corrected chi connectivity index (χ4v) is 4.59. The Morgan fingerprint density at radius 3 is 2.77 bits per heavy atom. The van der Waals surface area contributed by atoms with Gasteiger partial charge in [-0.3, -0.25) is 9.59 Å². The number of anilines is 1. The lowest BCUT2D eigenvalue weighted by Gasteiger charge is -2.22. The molecule has 0 spiro atoms. The van der Waals surface area contributed by atoms with Crippen LogP contribution in [0.5, 0.6) is 0 Å². The van der Waals surface area contributed by atoms with Crippen LogP contribution in [0.3, 0.4) is 0 Å². The summed E-state index contributed by atoms with van der Waals surface area (Å²) in [6.45, 7) is 2.05. The molecule has 1 unspecified atom stereocenters. The van der Waals surface area contributed by atoms with E-state index >= 15 is 0 Å². The molecule has 7 nitrogen and oxygen atoms in total. The molecule has 5 rings (SSSR count). The smallest absolute Gasteiger partial charge is 0.262 e. The van der Waals surface area contributed by atoms with Crippen LogP contribution in [-0.4, -0.2) is 37.5 Å². The van der Waals surface area contributed by atoms with Crippen molar-refractivity contribution < 1.29 is 4.79 Å².